The third-order valence-corrected chi connectivity index (χ3v) is 5.42. The van der Waals surface area contributed by atoms with Crippen molar-refractivity contribution in [2.75, 3.05) is 0 Å². The van der Waals surface area contributed by atoms with E-state index in [-0.39, 0.29) is 10.9 Å². The van der Waals surface area contributed by atoms with Gasteiger partial charge in [-0.2, -0.15) is 0 Å². The monoisotopic (exact) mass is 424 g/mol. The van der Waals surface area contributed by atoms with Gasteiger partial charge in [0.1, 0.15) is 0 Å². The van der Waals surface area contributed by atoms with Crippen molar-refractivity contribution in [1.29, 1.82) is 0 Å². The van der Waals surface area contributed by atoms with E-state index in [0.29, 0.717) is 39.6 Å². The number of halogens is 1. The molecule has 5 rings (SSSR count). The highest BCUT2D eigenvalue weighted by Crippen LogP contribution is 2.34. The highest BCUT2D eigenvalue weighted by molar-refractivity contribution is 6.35. The van der Waals surface area contributed by atoms with Crippen molar-refractivity contribution in [3.63, 3.8) is 0 Å². The Kier molecular flexibility index (Phi) is 4.81. The zero-order valence-corrected chi connectivity index (χ0v) is 17.2. The number of pyridine rings is 2. The Labute approximate surface area is 183 Å². The molecule has 0 atom stereocenters. The third kappa shape index (κ3) is 3.39. The summed E-state index contributed by atoms with van der Waals surface area (Å²) >= 11 is 6.54. The molecule has 150 valence electrons. The van der Waals surface area contributed by atoms with Gasteiger partial charge < -0.3 is 4.98 Å². The van der Waals surface area contributed by atoms with E-state index in [1.807, 2.05) is 54.6 Å². The Hall–Kier alpha value is -3.83. The second kappa shape index (κ2) is 7.78. The molecule has 0 saturated heterocycles. The Bertz CT molecular complexity index is 1510. The van der Waals surface area contributed by atoms with Crippen LogP contribution in [0.15, 0.2) is 84.4 Å². The smallest absolute Gasteiger partial charge is 0.212 e. The van der Waals surface area contributed by atoms with Crippen molar-refractivity contribution < 1.29 is 0 Å². The SMILES string of the molecule is C=CCc1c[nH]c2nc(-c3ccccc3)c(-c3cc(Cl)c4ncccc4c3)nc2c1=O. The first kappa shape index (κ1) is 19.2. The summed E-state index contributed by atoms with van der Waals surface area (Å²) in [7, 11) is 0. The Morgan fingerprint density at radius 2 is 1.77 bits per heavy atom. The van der Waals surface area contributed by atoms with Gasteiger partial charge in [-0.3, -0.25) is 9.78 Å². The molecule has 0 saturated carbocycles. The van der Waals surface area contributed by atoms with Gasteiger partial charge in [0.15, 0.2) is 11.2 Å². The van der Waals surface area contributed by atoms with Crippen LogP contribution in [0.5, 0.6) is 0 Å². The maximum atomic E-state index is 13.0. The average Bonchev–Trinajstić information content (AvgIpc) is 2.81. The lowest BCUT2D eigenvalue weighted by atomic mass is 10.0. The minimum Gasteiger partial charge on any atom is -0.344 e. The van der Waals surface area contributed by atoms with Crippen molar-refractivity contribution in [3.8, 4) is 22.5 Å². The minimum absolute atomic E-state index is 0.157. The minimum atomic E-state index is -0.157. The second-order valence-corrected chi connectivity index (χ2v) is 7.56. The van der Waals surface area contributed by atoms with Crippen LogP contribution in [0.25, 0.3) is 44.6 Å². The van der Waals surface area contributed by atoms with Gasteiger partial charge in [-0.25, -0.2) is 9.97 Å². The number of H-pyrrole nitrogens is 1. The van der Waals surface area contributed by atoms with Crippen LogP contribution in [0, 0.1) is 0 Å². The number of rotatable bonds is 4. The number of nitrogens with zero attached hydrogens (tertiary/aromatic N) is 3. The van der Waals surface area contributed by atoms with Crippen molar-refractivity contribution in [2.45, 2.75) is 6.42 Å². The molecule has 0 spiro atoms. The molecule has 0 amide bonds. The molecule has 31 heavy (non-hydrogen) atoms. The van der Waals surface area contributed by atoms with Crippen LogP contribution in [-0.4, -0.2) is 19.9 Å². The first-order chi connectivity index (χ1) is 15.2. The molecular formula is C25H17ClN4O. The number of fused-ring (bicyclic) bond motifs is 2. The summed E-state index contributed by atoms with van der Waals surface area (Å²) < 4.78 is 0. The van der Waals surface area contributed by atoms with Gasteiger partial charge in [-0.05, 0) is 24.6 Å². The quantitative estimate of drug-likeness (QED) is 0.382. The Morgan fingerprint density at radius 3 is 2.58 bits per heavy atom. The molecule has 5 nitrogen and oxygen atoms in total. The number of aromatic amines is 1. The van der Waals surface area contributed by atoms with Crippen molar-refractivity contribution in [2.24, 2.45) is 0 Å². The molecule has 0 aliphatic rings. The van der Waals surface area contributed by atoms with Crippen LogP contribution in [0.1, 0.15) is 5.56 Å². The van der Waals surface area contributed by atoms with Crippen LogP contribution in [0.4, 0.5) is 0 Å². The van der Waals surface area contributed by atoms with Crippen LogP contribution in [0.3, 0.4) is 0 Å². The summed E-state index contributed by atoms with van der Waals surface area (Å²) in [6, 6.07) is 17.4. The summed E-state index contributed by atoms with van der Waals surface area (Å²) in [6.07, 6.45) is 5.53. The lowest BCUT2D eigenvalue weighted by molar-refractivity contribution is 1.15. The number of hydrogen-bond acceptors (Lipinski definition) is 4. The van der Waals surface area contributed by atoms with E-state index in [4.69, 9.17) is 21.6 Å². The van der Waals surface area contributed by atoms with Gasteiger partial charge >= 0.3 is 0 Å². The summed E-state index contributed by atoms with van der Waals surface area (Å²) in [5.41, 5.74) is 4.80. The van der Waals surface area contributed by atoms with E-state index in [2.05, 4.69) is 16.5 Å². The standard InChI is InChI=1S/C25H17ClN4O/c1-2-7-17-14-28-25-23(24(17)31)29-22(21(30-25)15-8-4-3-5-9-15)18-12-16-10-6-11-27-20(16)19(26)13-18/h2-6,8-14H,1,7H2,(H,28,30,31). The fourth-order valence-electron chi connectivity index (χ4n) is 3.66. The molecule has 2 aromatic carbocycles. The predicted molar refractivity (Wildman–Crippen MR) is 125 cm³/mol. The van der Waals surface area contributed by atoms with Crippen molar-refractivity contribution >= 4 is 33.7 Å². The van der Waals surface area contributed by atoms with Gasteiger partial charge in [0.05, 0.1) is 21.9 Å². The highest BCUT2D eigenvalue weighted by Gasteiger charge is 2.17. The Balaban J connectivity index is 1.85. The first-order valence-corrected chi connectivity index (χ1v) is 10.2. The Morgan fingerprint density at radius 1 is 0.968 bits per heavy atom. The summed E-state index contributed by atoms with van der Waals surface area (Å²) in [6.45, 7) is 3.73. The molecule has 0 bridgehead atoms. The van der Waals surface area contributed by atoms with Gasteiger partial charge in [0, 0.05) is 34.5 Å². The van der Waals surface area contributed by atoms with E-state index in [9.17, 15) is 4.79 Å². The van der Waals surface area contributed by atoms with E-state index in [1.54, 1.807) is 18.5 Å². The number of benzene rings is 2. The largest absolute Gasteiger partial charge is 0.344 e. The number of nitrogens with one attached hydrogen (secondary N) is 1. The number of allylic oxidation sites excluding steroid dienone is 1. The van der Waals surface area contributed by atoms with Crippen LogP contribution >= 0.6 is 11.6 Å². The average molecular weight is 425 g/mol. The summed E-state index contributed by atoms with van der Waals surface area (Å²) in [4.78, 5) is 30.1. The molecule has 0 unspecified atom stereocenters. The van der Waals surface area contributed by atoms with Crippen LogP contribution in [0.2, 0.25) is 5.02 Å². The summed E-state index contributed by atoms with van der Waals surface area (Å²) in [5, 5.41) is 1.41. The number of hydrogen-bond donors (Lipinski definition) is 1. The van der Waals surface area contributed by atoms with Gasteiger partial charge in [0.2, 0.25) is 5.43 Å². The van der Waals surface area contributed by atoms with E-state index < -0.39 is 0 Å². The normalized spacial score (nSPS) is 11.1. The fraction of sp³-hybridized carbons (Fsp3) is 0.0400. The van der Waals surface area contributed by atoms with Crippen molar-refractivity contribution in [3.05, 3.63) is 100 Å². The van der Waals surface area contributed by atoms with E-state index >= 15 is 0 Å². The lowest BCUT2D eigenvalue weighted by Gasteiger charge is -2.12. The first-order valence-electron chi connectivity index (χ1n) is 9.79. The zero-order chi connectivity index (χ0) is 21.4. The molecular weight excluding hydrogens is 408 g/mol. The third-order valence-electron chi connectivity index (χ3n) is 5.13. The lowest BCUT2D eigenvalue weighted by Crippen LogP contribution is -2.13. The molecule has 0 radical (unpaired) electrons. The molecule has 1 N–H and O–H groups in total. The van der Waals surface area contributed by atoms with Gasteiger partial charge in [-0.1, -0.05) is 54.1 Å². The van der Waals surface area contributed by atoms with Gasteiger partial charge in [0.25, 0.3) is 0 Å². The maximum absolute atomic E-state index is 13.0. The molecule has 0 aliphatic heterocycles. The van der Waals surface area contributed by atoms with Gasteiger partial charge in [-0.15, -0.1) is 6.58 Å². The molecule has 3 aromatic heterocycles. The maximum Gasteiger partial charge on any atom is 0.212 e. The fourth-order valence-corrected chi connectivity index (χ4v) is 3.93. The molecule has 6 heteroatoms. The zero-order valence-electron chi connectivity index (χ0n) is 16.5. The second-order valence-electron chi connectivity index (χ2n) is 7.15. The number of aromatic nitrogens is 4. The van der Waals surface area contributed by atoms with Crippen molar-refractivity contribution in [1.82, 2.24) is 19.9 Å². The van der Waals surface area contributed by atoms with E-state index in [0.717, 1.165) is 16.5 Å². The molecule has 0 fully saturated rings. The van der Waals surface area contributed by atoms with Crippen LogP contribution < -0.4 is 5.43 Å². The molecule has 3 heterocycles. The molecule has 0 aliphatic carbocycles. The molecule has 5 aromatic rings. The summed E-state index contributed by atoms with van der Waals surface area (Å²) in [5.74, 6) is 0. The predicted octanol–water partition coefficient (Wildman–Crippen LogP) is 5.58. The highest BCUT2D eigenvalue weighted by atomic mass is 35.5. The van der Waals surface area contributed by atoms with Crippen LogP contribution in [-0.2, 0) is 6.42 Å². The van der Waals surface area contributed by atoms with E-state index in [1.165, 1.54) is 0 Å². The topological polar surface area (TPSA) is 71.5 Å².